The zero-order chi connectivity index (χ0) is 27.9. The molecular weight excluding hydrogens is 528 g/mol. The first-order valence-electron chi connectivity index (χ1n) is 11.5. The molecule has 0 aliphatic carbocycles. The van der Waals surface area contributed by atoms with Crippen molar-refractivity contribution >= 4 is 44.9 Å². The largest absolute Gasteiger partial charge is 0.444 e. The van der Waals surface area contributed by atoms with Crippen molar-refractivity contribution in [2.75, 3.05) is 11.9 Å². The van der Waals surface area contributed by atoms with Crippen LogP contribution in [0, 0.1) is 5.41 Å². The van der Waals surface area contributed by atoms with Crippen molar-refractivity contribution in [3.8, 4) is 0 Å². The van der Waals surface area contributed by atoms with Crippen LogP contribution in [0.2, 0.25) is 0 Å². The molecule has 13 heteroatoms. The lowest BCUT2D eigenvalue weighted by Gasteiger charge is -2.19. The van der Waals surface area contributed by atoms with Crippen LogP contribution in [0.4, 0.5) is 10.5 Å². The van der Waals surface area contributed by atoms with Crippen molar-refractivity contribution < 1.29 is 22.7 Å². The smallest absolute Gasteiger partial charge is 0.408 e. The van der Waals surface area contributed by atoms with E-state index in [9.17, 15) is 18.0 Å². The number of ether oxygens (including phenoxy) is 1. The van der Waals surface area contributed by atoms with Gasteiger partial charge >= 0.3 is 6.09 Å². The number of amidine groups is 1. The fraction of sp³-hybridized carbons (Fsp3) is 0.280. The first-order chi connectivity index (χ1) is 17.8. The normalized spacial score (nSPS) is 12.4. The number of nitrogen functional groups attached to an aromatic ring is 1. The number of carbonyl (C=O) groups excluding carboxylic acids is 2. The van der Waals surface area contributed by atoms with Gasteiger partial charge < -0.3 is 21.1 Å². The Kier molecular flexibility index (Phi) is 9.20. The lowest BCUT2D eigenvalue weighted by Crippen LogP contribution is -2.37. The van der Waals surface area contributed by atoms with Crippen LogP contribution in [0.5, 0.6) is 0 Å². The number of nitrogens with two attached hydrogens (primary N) is 1. The van der Waals surface area contributed by atoms with Crippen LogP contribution in [-0.2, 0) is 26.0 Å². The van der Waals surface area contributed by atoms with E-state index < -0.39 is 33.7 Å². The number of nitrogens with one attached hydrogen (secondary N) is 4. The Morgan fingerprint density at radius 3 is 2.55 bits per heavy atom. The van der Waals surface area contributed by atoms with Gasteiger partial charge in [-0.2, -0.15) is 0 Å². The zero-order valence-corrected chi connectivity index (χ0v) is 22.8. The van der Waals surface area contributed by atoms with Gasteiger partial charge in [-0.25, -0.2) is 22.9 Å². The molecule has 202 valence electrons. The Balaban J connectivity index is 1.72. The number of hydrogen-bond donors (Lipinski definition) is 5. The molecule has 2 amide bonds. The highest BCUT2D eigenvalue weighted by atomic mass is 32.2. The van der Waals surface area contributed by atoms with Crippen LogP contribution in [-0.4, -0.2) is 43.4 Å². The van der Waals surface area contributed by atoms with Gasteiger partial charge in [-0.1, -0.05) is 24.3 Å². The second-order valence-electron chi connectivity index (χ2n) is 9.29. The summed E-state index contributed by atoms with van der Waals surface area (Å²) < 4.78 is 34.4. The molecule has 0 radical (unpaired) electrons. The summed E-state index contributed by atoms with van der Waals surface area (Å²) in [6.45, 7) is 4.76. The molecule has 38 heavy (non-hydrogen) atoms. The molecule has 0 fully saturated rings. The lowest BCUT2D eigenvalue weighted by atomic mass is 10.0. The van der Waals surface area contributed by atoms with E-state index in [0.717, 1.165) is 5.56 Å². The third-order valence-electron chi connectivity index (χ3n) is 4.95. The number of aromatic nitrogens is 1. The molecular formula is C25H30N6O5S2. The number of thiazole rings is 1. The van der Waals surface area contributed by atoms with Crippen molar-refractivity contribution in [2.45, 2.75) is 43.7 Å². The standard InChI is InChI=1S/C25H30N6O5S2/c1-25(2,3)36-24(33)29-15-21(32)30-18-8-5-9-19(14-18)38(34,35)31-20(23-28-10-11-37-23)13-16-6-4-7-17(12-16)22(26)27/h4-12,14,20,31H,13,15H2,1-3H3,(H3,26,27)(H,29,33)(H,30,32). The lowest BCUT2D eigenvalue weighted by molar-refractivity contribution is -0.115. The monoisotopic (exact) mass is 558 g/mol. The van der Waals surface area contributed by atoms with Gasteiger partial charge in [-0.3, -0.25) is 10.2 Å². The Morgan fingerprint density at radius 2 is 1.89 bits per heavy atom. The summed E-state index contributed by atoms with van der Waals surface area (Å²) in [4.78, 5) is 28.3. The highest BCUT2D eigenvalue weighted by molar-refractivity contribution is 7.89. The van der Waals surface area contributed by atoms with E-state index in [1.54, 1.807) is 50.5 Å². The van der Waals surface area contributed by atoms with Gasteiger partial charge in [0.1, 0.15) is 23.0 Å². The minimum Gasteiger partial charge on any atom is -0.444 e. The van der Waals surface area contributed by atoms with Crippen molar-refractivity contribution in [1.29, 1.82) is 5.41 Å². The fourth-order valence-electron chi connectivity index (χ4n) is 3.36. The Bertz CT molecular complexity index is 1400. The third-order valence-corrected chi connectivity index (χ3v) is 7.30. The minimum atomic E-state index is -4.03. The SMILES string of the molecule is CC(C)(C)OC(=O)NCC(=O)Nc1cccc(S(=O)(=O)NC(Cc2cccc(C(=N)N)c2)c2nccs2)c1. The summed E-state index contributed by atoms with van der Waals surface area (Å²) in [5.74, 6) is -0.636. The number of sulfonamides is 1. The molecule has 0 aliphatic heterocycles. The van der Waals surface area contributed by atoms with Crippen molar-refractivity contribution in [2.24, 2.45) is 5.73 Å². The summed E-state index contributed by atoms with van der Waals surface area (Å²) in [6, 6.07) is 12.1. The van der Waals surface area contributed by atoms with Gasteiger partial charge in [-0.15, -0.1) is 11.3 Å². The maximum atomic E-state index is 13.3. The summed E-state index contributed by atoms with van der Waals surface area (Å²) in [5, 5.41) is 14.9. The highest BCUT2D eigenvalue weighted by Crippen LogP contribution is 2.25. The van der Waals surface area contributed by atoms with E-state index in [1.807, 2.05) is 6.07 Å². The summed E-state index contributed by atoms with van der Waals surface area (Å²) in [5.41, 5.74) is 6.44. The quantitative estimate of drug-likeness (QED) is 0.187. The van der Waals surface area contributed by atoms with E-state index >= 15 is 0 Å². The Hall–Kier alpha value is -3.81. The molecule has 1 unspecified atom stereocenters. The molecule has 1 atom stereocenters. The maximum absolute atomic E-state index is 13.3. The van der Waals surface area contributed by atoms with Crippen LogP contribution in [0.15, 0.2) is 65.0 Å². The second kappa shape index (κ2) is 12.2. The molecule has 2 aromatic carbocycles. The predicted molar refractivity (Wildman–Crippen MR) is 146 cm³/mol. The number of amides is 2. The van der Waals surface area contributed by atoms with E-state index in [-0.39, 0.29) is 29.4 Å². The average Bonchev–Trinajstić information content (AvgIpc) is 3.37. The molecule has 11 nitrogen and oxygen atoms in total. The predicted octanol–water partition coefficient (Wildman–Crippen LogP) is 3.15. The van der Waals surface area contributed by atoms with Gasteiger partial charge in [0.25, 0.3) is 0 Å². The average molecular weight is 559 g/mol. The van der Waals surface area contributed by atoms with Crippen LogP contribution >= 0.6 is 11.3 Å². The molecule has 1 heterocycles. The van der Waals surface area contributed by atoms with Gasteiger partial charge in [0, 0.05) is 22.8 Å². The molecule has 0 bridgehead atoms. The summed E-state index contributed by atoms with van der Waals surface area (Å²) >= 11 is 1.31. The molecule has 6 N–H and O–H groups in total. The number of benzene rings is 2. The fourth-order valence-corrected chi connectivity index (χ4v) is 5.37. The van der Waals surface area contributed by atoms with E-state index in [4.69, 9.17) is 15.9 Å². The zero-order valence-electron chi connectivity index (χ0n) is 21.1. The van der Waals surface area contributed by atoms with Crippen molar-refractivity contribution in [1.82, 2.24) is 15.0 Å². The Labute approximate surface area is 225 Å². The molecule has 3 aromatic rings. The maximum Gasteiger partial charge on any atom is 0.408 e. The third kappa shape index (κ3) is 8.64. The van der Waals surface area contributed by atoms with Crippen LogP contribution in [0.25, 0.3) is 0 Å². The number of nitrogens with zero attached hydrogens (tertiary/aromatic N) is 1. The number of alkyl carbamates (subject to hydrolysis) is 1. The molecule has 3 rings (SSSR count). The molecule has 1 aromatic heterocycles. The van der Waals surface area contributed by atoms with E-state index in [1.165, 1.54) is 35.6 Å². The molecule has 0 saturated heterocycles. The topological polar surface area (TPSA) is 176 Å². The number of carbonyl (C=O) groups is 2. The molecule has 0 spiro atoms. The van der Waals surface area contributed by atoms with Gasteiger partial charge in [0.15, 0.2) is 0 Å². The number of hydrogen-bond acceptors (Lipinski definition) is 8. The van der Waals surface area contributed by atoms with E-state index in [0.29, 0.717) is 10.6 Å². The number of rotatable bonds is 10. The minimum absolute atomic E-state index is 0.0607. The van der Waals surface area contributed by atoms with Crippen molar-refractivity contribution in [3.05, 3.63) is 76.2 Å². The number of anilines is 1. The van der Waals surface area contributed by atoms with Crippen LogP contribution in [0.1, 0.15) is 42.9 Å². The summed E-state index contributed by atoms with van der Waals surface area (Å²) in [6.07, 6.45) is 1.13. The molecule has 0 saturated carbocycles. The van der Waals surface area contributed by atoms with E-state index in [2.05, 4.69) is 20.3 Å². The molecule has 0 aliphatic rings. The van der Waals surface area contributed by atoms with Gasteiger partial charge in [0.05, 0.1) is 10.9 Å². The first kappa shape index (κ1) is 28.8. The summed E-state index contributed by atoms with van der Waals surface area (Å²) in [7, 11) is -4.03. The van der Waals surface area contributed by atoms with Gasteiger partial charge in [0.2, 0.25) is 15.9 Å². The second-order valence-corrected chi connectivity index (χ2v) is 11.9. The first-order valence-corrected chi connectivity index (χ1v) is 13.9. The van der Waals surface area contributed by atoms with Crippen LogP contribution in [0.3, 0.4) is 0 Å². The Morgan fingerprint density at radius 1 is 1.16 bits per heavy atom. The van der Waals surface area contributed by atoms with Crippen LogP contribution < -0.4 is 21.1 Å². The highest BCUT2D eigenvalue weighted by Gasteiger charge is 2.24. The van der Waals surface area contributed by atoms with Crippen molar-refractivity contribution in [3.63, 3.8) is 0 Å². The van der Waals surface area contributed by atoms with Gasteiger partial charge in [-0.05, 0) is 57.0 Å².